The van der Waals surface area contributed by atoms with Gasteiger partial charge in [0.2, 0.25) is 11.8 Å². The Kier molecular flexibility index (Phi) is 5.43. The number of rotatable bonds is 6. The summed E-state index contributed by atoms with van der Waals surface area (Å²) in [5, 5.41) is 10.6. The first-order chi connectivity index (χ1) is 14.2. The third kappa shape index (κ3) is 3.92. The van der Waals surface area contributed by atoms with Gasteiger partial charge >= 0.3 is 0 Å². The minimum Gasteiger partial charge on any atom is -0.495 e. The molecule has 10 nitrogen and oxygen atoms in total. The van der Waals surface area contributed by atoms with Crippen molar-refractivity contribution in [2.75, 3.05) is 45.3 Å². The van der Waals surface area contributed by atoms with Crippen LogP contribution < -0.4 is 14.8 Å². The van der Waals surface area contributed by atoms with Gasteiger partial charge in [0.05, 0.1) is 38.8 Å². The maximum absolute atomic E-state index is 12.7. The molecule has 3 heterocycles. The quantitative estimate of drug-likeness (QED) is 0.648. The van der Waals surface area contributed by atoms with Crippen molar-refractivity contribution < 1.29 is 19.0 Å². The average molecular weight is 398 g/mol. The zero-order valence-corrected chi connectivity index (χ0v) is 16.3. The van der Waals surface area contributed by atoms with Crippen molar-refractivity contribution in [3.63, 3.8) is 0 Å². The Morgan fingerprint density at radius 2 is 2.14 bits per heavy atom. The monoisotopic (exact) mass is 398 g/mol. The molecule has 1 aromatic carbocycles. The number of methoxy groups -OCH3 is 1. The number of ether oxygens (including phenoxy) is 3. The molecule has 1 amide bonds. The van der Waals surface area contributed by atoms with Gasteiger partial charge in [0.25, 0.3) is 5.91 Å². The topological polar surface area (TPSA) is 114 Å². The van der Waals surface area contributed by atoms with E-state index in [1.807, 2.05) is 6.92 Å². The number of nitrogens with one attached hydrogen (secondary N) is 2. The minimum atomic E-state index is -0.0492. The van der Waals surface area contributed by atoms with Crippen LogP contribution in [-0.2, 0) is 4.74 Å². The molecular weight excluding hydrogens is 376 g/mol. The highest BCUT2D eigenvalue weighted by Gasteiger charge is 2.20. The number of carbonyl (C=O) groups is 1. The molecule has 0 saturated carbocycles. The van der Waals surface area contributed by atoms with Gasteiger partial charge in [-0.3, -0.25) is 9.89 Å². The molecule has 0 aliphatic carbocycles. The number of hydrogen-bond acceptors (Lipinski definition) is 8. The number of nitrogens with zero attached hydrogens (tertiary/aromatic N) is 4. The van der Waals surface area contributed by atoms with E-state index in [1.165, 1.54) is 0 Å². The van der Waals surface area contributed by atoms with Gasteiger partial charge in [-0.25, -0.2) is 0 Å². The summed E-state index contributed by atoms with van der Waals surface area (Å²) in [6, 6.07) is 5.23. The number of benzene rings is 1. The third-order valence-electron chi connectivity index (χ3n) is 4.55. The van der Waals surface area contributed by atoms with Crippen LogP contribution in [0.3, 0.4) is 0 Å². The fraction of sp³-hybridized carbons (Fsp3) is 0.368. The second-order valence-electron chi connectivity index (χ2n) is 6.36. The second-order valence-corrected chi connectivity index (χ2v) is 6.36. The van der Waals surface area contributed by atoms with Crippen molar-refractivity contribution in [1.82, 2.24) is 25.1 Å². The van der Waals surface area contributed by atoms with E-state index in [4.69, 9.17) is 14.2 Å². The minimum absolute atomic E-state index is 0.0492. The van der Waals surface area contributed by atoms with E-state index in [2.05, 4.69) is 25.5 Å². The molecule has 1 aliphatic heterocycles. The van der Waals surface area contributed by atoms with Crippen LogP contribution >= 0.6 is 0 Å². The molecule has 10 heteroatoms. The lowest BCUT2D eigenvalue weighted by atomic mass is 10.1. The first-order valence-corrected chi connectivity index (χ1v) is 9.35. The second kappa shape index (κ2) is 8.31. The number of hydrogen-bond donors (Lipinski definition) is 2. The molecule has 1 saturated heterocycles. The van der Waals surface area contributed by atoms with Crippen LogP contribution in [0.1, 0.15) is 17.3 Å². The number of carbonyl (C=O) groups excluding carboxylic acids is 1. The summed E-state index contributed by atoms with van der Waals surface area (Å²) in [5.41, 5.74) is 1.74. The van der Waals surface area contributed by atoms with Gasteiger partial charge in [-0.15, -0.1) is 0 Å². The predicted molar refractivity (Wildman–Crippen MR) is 106 cm³/mol. The molecule has 0 spiro atoms. The number of morpholine rings is 1. The maximum Gasteiger partial charge on any atom is 0.254 e. The van der Waals surface area contributed by atoms with Gasteiger partial charge < -0.3 is 24.4 Å². The van der Waals surface area contributed by atoms with Crippen LogP contribution in [0.5, 0.6) is 11.6 Å². The molecule has 2 aromatic heterocycles. The van der Waals surface area contributed by atoms with Crippen LogP contribution in [0.25, 0.3) is 11.0 Å². The van der Waals surface area contributed by atoms with E-state index < -0.39 is 0 Å². The summed E-state index contributed by atoms with van der Waals surface area (Å²) in [4.78, 5) is 23.3. The van der Waals surface area contributed by atoms with Crippen LogP contribution in [0.2, 0.25) is 0 Å². The van der Waals surface area contributed by atoms with Crippen molar-refractivity contribution in [1.29, 1.82) is 0 Å². The third-order valence-corrected chi connectivity index (χ3v) is 4.55. The molecule has 29 heavy (non-hydrogen) atoms. The fourth-order valence-corrected chi connectivity index (χ4v) is 3.11. The van der Waals surface area contributed by atoms with Gasteiger partial charge in [0.15, 0.2) is 5.65 Å². The normalized spacial score (nSPS) is 14.1. The fourth-order valence-electron chi connectivity index (χ4n) is 3.11. The number of aromatic nitrogens is 4. The van der Waals surface area contributed by atoms with Crippen molar-refractivity contribution in [3.8, 4) is 11.6 Å². The Morgan fingerprint density at radius 1 is 1.31 bits per heavy atom. The summed E-state index contributed by atoms with van der Waals surface area (Å²) >= 11 is 0. The summed E-state index contributed by atoms with van der Waals surface area (Å²) in [5.74, 6) is 1.23. The molecule has 0 unspecified atom stereocenters. The largest absolute Gasteiger partial charge is 0.495 e. The number of fused-ring (bicyclic) bond motifs is 1. The van der Waals surface area contributed by atoms with Crippen LogP contribution in [0.15, 0.2) is 24.4 Å². The van der Waals surface area contributed by atoms with E-state index in [-0.39, 0.29) is 5.91 Å². The van der Waals surface area contributed by atoms with E-state index in [1.54, 1.807) is 36.4 Å². The highest BCUT2D eigenvalue weighted by molar-refractivity contribution is 5.95. The Balaban J connectivity index is 1.60. The SMILES string of the molecule is CCOc1nc(Nc2ccc(C(=O)N3CCOCC3)cc2OC)nc2[nH]ncc12. The molecule has 0 atom stereocenters. The van der Waals surface area contributed by atoms with Crippen LogP contribution in [-0.4, -0.2) is 71.0 Å². The first kappa shape index (κ1) is 18.9. The van der Waals surface area contributed by atoms with Gasteiger partial charge in [-0.1, -0.05) is 0 Å². The molecule has 4 rings (SSSR count). The lowest BCUT2D eigenvalue weighted by Gasteiger charge is -2.27. The van der Waals surface area contributed by atoms with Crippen molar-refractivity contribution in [2.45, 2.75) is 6.92 Å². The van der Waals surface area contributed by atoms with Gasteiger partial charge in [0.1, 0.15) is 11.1 Å². The summed E-state index contributed by atoms with van der Waals surface area (Å²) in [6.45, 7) is 4.63. The molecule has 2 N–H and O–H groups in total. The summed E-state index contributed by atoms with van der Waals surface area (Å²) in [6.07, 6.45) is 1.62. The summed E-state index contributed by atoms with van der Waals surface area (Å²) < 4.78 is 16.4. The predicted octanol–water partition coefficient (Wildman–Crippen LogP) is 1.98. The molecule has 0 bridgehead atoms. The molecule has 3 aromatic rings. The lowest BCUT2D eigenvalue weighted by molar-refractivity contribution is 0.0302. The molecule has 152 valence electrons. The average Bonchev–Trinajstić information content (AvgIpc) is 3.23. The number of H-pyrrole nitrogens is 1. The van der Waals surface area contributed by atoms with Gasteiger partial charge in [-0.05, 0) is 25.1 Å². The first-order valence-electron chi connectivity index (χ1n) is 9.35. The zero-order valence-electron chi connectivity index (χ0n) is 16.3. The van der Waals surface area contributed by atoms with Crippen molar-refractivity contribution in [3.05, 3.63) is 30.0 Å². The smallest absolute Gasteiger partial charge is 0.254 e. The van der Waals surface area contributed by atoms with Gasteiger partial charge in [-0.2, -0.15) is 15.1 Å². The molecule has 1 fully saturated rings. The Morgan fingerprint density at radius 3 is 2.90 bits per heavy atom. The summed E-state index contributed by atoms with van der Waals surface area (Å²) in [7, 11) is 1.55. The highest BCUT2D eigenvalue weighted by Crippen LogP contribution is 2.30. The molecule has 1 aliphatic rings. The lowest BCUT2D eigenvalue weighted by Crippen LogP contribution is -2.40. The van der Waals surface area contributed by atoms with Crippen molar-refractivity contribution in [2.24, 2.45) is 0 Å². The number of amides is 1. The Labute approximate surface area is 167 Å². The zero-order chi connectivity index (χ0) is 20.2. The standard InChI is InChI=1S/C19H22N6O4/c1-3-29-17-13-11-20-24-16(13)22-19(23-17)21-14-5-4-12(10-15(14)27-2)18(26)25-6-8-28-9-7-25/h4-5,10-11H,3,6-9H2,1-2H3,(H2,20,21,22,23,24). The van der Waals surface area contributed by atoms with Crippen molar-refractivity contribution >= 4 is 28.6 Å². The Hall–Kier alpha value is -3.40. The molecular formula is C19H22N6O4. The van der Waals surface area contributed by atoms with Crippen LogP contribution in [0, 0.1) is 0 Å². The highest BCUT2D eigenvalue weighted by atomic mass is 16.5. The van der Waals surface area contributed by atoms with E-state index in [0.717, 1.165) is 0 Å². The Bertz CT molecular complexity index is 1020. The number of aromatic amines is 1. The van der Waals surface area contributed by atoms with E-state index in [0.29, 0.717) is 72.8 Å². The number of anilines is 2. The van der Waals surface area contributed by atoms with Crippen LogP contribution in [0.4, 0.5) is 11.6 Å². The van der Waals surface area contributed by atoms with E-state index in [9.17, 15) is 4.79 Å². The van der Waals surface area contributed by atoms with Gasteiger partial charge in [0, 0.05) is 18.7 Å². The van der Waals surface area contributed by atoms with E-state index >= 15 is 0 Å². The maximum atomic E-state index is 12.7. The molecule has 0 radical (unpaired) electrons.